The van der Waals surface area contributed by atoms with Crippen LogP contribution in [0.15, 0.2) is 83.9 Å². The van der Waals surface area contributed by atoms with Crippen molar-refractivity contribution in [2.24, 2.45) is 0 Å². The molecular formula is C26H24N2O2S. The van der Waals surface area contributed by atoms with Crippen molar-refractivity contribution < 1.29 is 8.42 Å². The van der Waals surface area contributed by atoms with Crippen molar-refractivity contribution in [3.05, 3.63) is 90.1 Å². The summed E-state index contributed by atoms with van der Waals surface area (Å²) >= 11 is 0. The first-order valence-electron chi connectivity index (χ1n) is 10.5. The molecule has 0 aliphatic heterocycles. The molecule has 1 aliphatic rings. The second-order valence-corrected chi connectivity index (χ2v) is 10.3. The molecule has 0 radical (unpaired) electrons. The molecule has 1 aromatic heterocycles. The van der Waals surface area contributed by atoms with Gasteiger partial charge < -0.3 is 5.32 Å². The van der Waals surface area contributed by atoms with Gasteiger partial charge in [-0.1, -0.05) is 24.3 Å². The van der Waals surface area contributed by atoms with Gasteiger partial charge in [-0.2, -0.15) is 0 Å². The highest BCUT2D eigenvalue weighted by Crippen LogP contribution is 2.43. The van der Waals surface area contributed by atoms with Crippen molar-refractivity contribution in [1.82, 2.24) is 4.98 Å². The second-order valence-electron chi connectivity index (χ2n) is 8.27. The van der Waals surface area contributed by atoms with Crippen LogP contribution in [-0.4, -0.2) is 19.7 Å². The lowest BCUT2D eigenvalue weighted by molar-refractivity contribution is 0.602. The summed E-state index contributed by atoms with van der Waals surface area (Å²) in [5.74, 6) is 0.683. The quantitative estimate of drug-likeness (QED) is 0.422. The molecule has 1 aliphatic carbocycles. The maximum Gasteiger partial charge on any atom is 0.175 e. The number of nitrogens with zero attached hydrogens (tertiary/aromatic N) is 1. The highest BCUT2D eigenvalue weighted by molar-refractivity contribution is 7.90. The molecule has 3 aromatic carbocycles. The van der Waals surface area contributed by atoms with Crippen LogP contribution in [0.5, 0.6) is 0 Å². The zero-order valence-electron chi connectivity index (χ0n) is 17.4. The van der Waals surface area contributed by atoms with E-state index in [1.165, 1.54) is 35.6 Å². The zero-order chi connectivity index (χ0) is 21.4. The van der Waals surface area contributed by atoms with Gasteiger partial charge in [-0.3, -0.25) is 4.98 Å². The Morgan fingerprint density at radius 3 is 2.52 bits per heavy atom. The number of hydrogen-bond donors (Lipinski definition) is 1. The van der Waals surface area contributed by atoms with Gasteiger partial charge >= 0.3 is 0 Å². The number of aromatic nitrogens is 1. The minimum absolute atomic E-state index is 0.329. The summed E-state index contributed by atoms with van der Waals surface area (Å²) in [4.78, 5) is 4.99. The molecule has 1 N–H and O–H groups in total. The normalized spacial score (nSPS) is 14.0. The van der Waals surface area contributed by atoms with E-state index in [0.29, 0.717) is 17.4 Å². The zero-order valence-corrected chi connectivity index (χ0v) is 18.2. The fourth-order valence-electron chi connectivity index (χ4n) is 3.96. The average molecular weight is 429 g/mol. The van der Waals surface area contributed by atoms with Crippen LogP contribution in [0.1, 0.15) is 29.9 Å². The van der Waals surface area contributed by atoms with Crippen molar-refractivity contribution in [3.63, 3.8) is 0 Å². The van der Waals surface area contributed by atoms with Gasteiger partial charge in [0.25, 0.3) is 0 Å². The number of benzene rings is 3. The molecule has 0 saturated heterocycles. The van der Waals surface area contributed by atoms with Gasteiger partial charge in [0.2, 0.25) is 0 Å². The Hall–Kier alpha value is -3.18. The summed E-state index contributed by atoms with van der Waals surface area (Å²) in [5, 5.41) is 4.58. The van der Waals surface area contributed by atoms with E-state index in [2.05, 4.69) is 52.8 Å². The molecule has 0 spiro atoms. The molecule has 1 fully saturated rings. The Balaban J connectivity index is 1.42. The van der Waals surface area contributed by atoms with Crippen molar-refractivity contribution in [2.75, 3.05) is 11.6 Å². The van der Waals surface area contributed by atoms with Gasteiger partial charge in [0.05, 0.1) is 10.4 Å². The van der Waals surface area contributed by atoms with Crippen LogP contribution in [0, 0.1) is 0 Å². The van der Waals surface area contributed by atoms with E-state index in [1.54, 1.807) is 24.3 Å². The first-order valence-corrected chi connectivity index (χ1v) is 12.4. The van der Waals surface area contributed by atoms with Crippen LogP contribution in [0.25, 0.3) is 22.0 Å². The second kappa shape index (κ2) is 7.82. The predicted octanol–water partition coefficient (Wildman–Crippen LogP) is 5.79. The largest absolute Gasteiger partial charge is 0.381 e. The highest BCUT2D eigenvalue weighted by atomic mass is 32.2. The third-order valence-electron chi connectivity index (χ3n) is 5.79. The summed E-state index contributed by atoms with van der Waals surface area (Å²) in [6.45, 7) is 0.653. The van der Waals surface area contributed by atoms with Crippen LogP contribution >= 0.6 is 0 Å². The first-order chi connectivity index (χ1) is 15.0. The van der Waals surface area contributed by atoms with Crippen molar-refractivity contribution in [2.45, 2.75) is 30.2 Å². The number of nitrogens with one attached hydrogen (secondary N) is 1. The van der Waals surface area contributed by atoms with Crippen LogP contribution in [0.4, 0.5) is 5.69 Å². The third kappa shape index (κ3) is 4.32. The minimum Gasteiger partial charge on any atom is -0.381 e. The fraction of sp³-hybridized carbons (Fsp3) is 0.192. The molecule has 0 bridgehead atoms. The highest BCUT2D eigenvalue weighted by Gasteiger charge is 2.24. The standard InChI is InChI=1S/C26H24N2O2S/c1-31(29,30)24-11-9-23(10-12-24)28-17-18-4-2-5-20(14-18)25-16-22(19-7-8-19)15-21-6-3-13-27-26(21)25/h2-6,9-16,19,28H,7-8,17H2,1H3. The van der Waals surface area contributed by atoms with Gasteiger partial charge in [-0.15, -0.1) is 0 Å². The van der Waals surface area contributed by atoms with Crippen molar-refractivity contribution >= 4 is 26.4 Å². The monoisotopic (exact) mass is 428 g/mol. The Labute approximate surface area is 182 Å². The topological polar surface area (TPSA) is 59.1 Å². The molecule has 156 valence electrons. The van der Waals surface area contributed by atoms with Gasteiger partial charge in [0.1, 0.15) is 0 Å². The minimum atomic E-state index is -3.18. The molecule has 0 amide bonds. The van der Waals surface area contributed by atoms with E-state index in [9.17, 15) is 8.42 Å². The Kier molecular flexibility index (Phi) is 4.98. The third-order valence-corrected chi connectivity index (χ3v) is 6.92. The maximum atomic E-state index is 11.6. The molecule has 1 saturated carbocycles. The maximum absolute atomic E-state index is 11.6. The number of fused-ring (bicyclic) bond motifs is 1. The first kappa shape index (κ1) is 19.8. The number of pyridine rings is 1. The Morgan fingerprint density at radius 1 is 0.968 bits per heavy atom. The molecule has 1 heterocycles. The predicted molar refractivity (Wildman–Crippen MR) is 126 cm³/mol. The summed E-state index contributed by atoms with van der Waals surface area (Å²) in [6.07, 6.45) is 5.62. The van der Waals surface area contributed by atoms with E-state index in [0.717, 1.165) is 22.3 Å². The number of hydrogen-bond acceptors (Lipinski definition) is 4. The molecule has 31 heavy (non-hydrogen) atoms. The van der Waals surface area contributed by atoms with Crippen molar-refractivity contribution in [3.8, 4) is 11.1 Å². The molecule has 4 nitrogen and oxygen atoms in total. The molecule has 0 unspecified atom stereocenters. The van der Waals surface area contributed by atoms with E-state index in [1.807, 2.05) is 12.3 Å². The Morgan fingerprint density at radius 2 is 1.77 bits per heavy atom. The molecule has 5 heteroatoms. The van der Waals surface area contributed by atoms with Gasteiger partial charge in [0, 0.05) is 35.6 Å². The van der Waals surface area contributed by atoms with Crippen molar-refractivity contribution in [1.29, 1.82) is 0 Å². The molecule has 0 atom stereocenters. The van der Waals surface area contributed by atoms with Gasteiger partial charge in [-0.25, -0.2) is 8.42 Å². The lowest BCUT2D eigenvalue weighted by Gasteiger charge is -2.12. The van der Waals surface area contributed by atoms with Crippen LogP contribution in [-0.2, 0) is 16.4 Å². The van der Waals surface area contributed by atoms with E-state index in [4.69, 9.17) is 0 Å². The van der Waals surface area contributed by atoms with E-state index >= 15 is 0 Å². The summed E-state index contributed by atoms with van der Waals surface area (Å²) in [6, 6.07) is 24.1. The Bertz CT molecular complexity index is 1360. The van der Waals surface area contributed by atoms with E-state index in [-0.39, 0.29) is 0 Å². The SMILES string of the molecule is CS(=O)(=O)c1ccc(NCc2cccc(-c3cc(C4CC4)cc4cccnc34)c2)cc1. The van der Waals surface area contributed by atoms with Crippen LogP contribution in [0.3, 0.4) is 0 Å². The average Bonchev–Trinajstić information content (AvgIpc) is 3.62. The molecule has 4 aromatic rings. The number of anilines is 1. The van der Waals surface area contributed by atoms with Gasteiger partial charge in [-0.05, 0) is 84.0 Å². The molecule has 5 rings (SSSR count). The number of sulfone groups is 1. The summed E-state index contributed by atoms with van der Waals surface area (Å²) in [7, 11) is -3.18. The summed E-state index contributed by atoms with van der Waals surface area (Å²) < 4.78 is 23.3. The smallest absolute Gasteiger partial charge is 0.175 e. The lowest BCUT2D eigenvalue weighted by Crippen LogP contribution is -2.01. The van der Waals surface area contributed by atoms with E-state index < -0.39 is 9.84 Å². The lowest BCUT2D eigenvalue weighted by atomic mass is 9.96. The molecular weight excluding hydrogens is 404 g/mol. The summed E-state index contributed by atoms with van der Waals surface area (Å²) in [5.41, 5.74) is 6.84. The number of rotatable bonds is 6. The fourth-order valence-corrected chi connectivity index (χ4v) is 4.59. The van der Waals surface area contributed by atoms with Crippen LogP contribution in [0.2, 0.25) is 0 Å². The van der Waals surface area contributed by atoms with Gasteiger partial charge in [0.15, 0.2) is 9.84 Å². The van der Waals surface area contributed by atoms with Crippen LogP contribution < -0.4 is 5.32 Å².